The van der Waals surface area contributed by atoms with Gasteiger partial charge in [-0.05, 0) is 5.56 Å². The number of esters is 1. The van der Waals surface area contributed by atoms with E-state index in [4.69, 9.17) is 5.26 Å². The number of hydrogen-bond donors (Lipinski definition) is 1. The Kier molecular flexibility index (Phi) is 6.40. The number of hydrogen-bond acceptors (Lipinski definition) is 6. The first-order valence-corrected chi connectivity index (χ1v) is 6.18. The first-order chi connectivity index (χ1) is 9.81. The lowest BCUT2D eigenvalue weighted by Gasteiger charge is -2.22. The highest BCUT2D eigenvalue weighted by Crippen LogP contribution is 2.44. The maximum atomic E-state index is 13.7. The minimum absolute atomic E-state index is 0.114. The number of halogens is 4. The molecule has 10 heteroatoms. The van der Waals surface area contributed by atoms with Crippen molar-refractivity contribution < 1.29 is 41.7 Å². The highest BCUT2D eigenvalue weighted by molar-refractivity contribution is 7.96. The molecule has 0 radical (unpaired) electrons. The van der Waals surface area contributed by atoms with Crippen LogP contribution in [-0.2, 0) is 25.3 Å². The third-order valence-corrected chi connectivity index (χ3v) is 3.03. The van der Waals surface area contributed by atoms with Crippen molar-refractivity contribution in [3.8, 4) is 0 Å². The topological polar surface area (TPSA) is 65.0 Å². The van der Waals surface area contributed by atoms with Gasteiger partial charge in [-0.1, -0.05) is 35.4 Å². The van der Waals surface area contributed by atoms with E-state index in [0.29, 0.717) is 5.56 Å². The van der Waals surface area contributed by atoms with Crippen LogP contribution in [0.5, 0.6) is 0 Å². The van der Waals surface area contributed by atoms with Gasteiger partial charge in [0.25, 0.3) is 0 Å². The molecular formula is C11H10F4O5S. The van der Waals surface area contributed by atoms with E-state index in [1.54, 1.807) is 30.3 Å². The molecule has 0 aliphatic rings. The number of carbonyl (C=O) groups is 1. The van der Waals surface area contributed by atoms with E-state index in [-0.39, 0.29) is 6.42 Å². The average molecular weight is 330 g/mol. The van der Waals surface area contributed by atoms with E-state index in [2.05, 4.69) is 14.1 Å². The summed E-state index contributed by atoms with van der Waals surface area (Å²) in [5.41, 5.74) is 0.698. The smallest absolute Gasteiger partial charge is 0.446 e. The largest absolute Gasteiger partial charge is 0.462 e. The van der Waals surface area contributed by atoms with Gasteiger partial charge in [0.2, 0.25) is 0 Å². The van der Waals surface area contributed by atoms with Crippen molar-refractivity contribution in [2.75, 3.05) is 6.61 Å². The minimum Gasteiger partial charge on any atom is -0.462 e. The summed E-state index contributed by atoms with van der Waals surface area (Å²) in [6.45, 7) is -0.453. The van der Waals surface area contributed by atoms with Crippen LogP contribution in [0, 0.1) is 0 Å². The van der Waals surface area contributed by atoms with Crippen LogP contribution >= 0.6 is 12.0 Å². The fourth-order valence-electron chi connectivity index (χ4n) is 1.26. The van der Waals surface area contributed by atoms with Crippen LogP contribution in [0.15, 0.2) is 30.3 Å². The van der Waals surface area contributed by atoms with Crippen LogP contribution in [-0.4, -0.2) is 29.0 Å². The summed E-state index contributed by atoms with van der Waals surface area (Å²) >= 11 is -1.05. The summed E-state index contributed by atoms with van der Waals surface area (Å²) in [5, 5.41) is 6.14. The molecule has 21 heavy (non-hydrogen) atoms. The number of benzene rings is 1. The summed E-state index contributed by atoms with van der Waals surface area (Å²) in [5.74, 6) is -2.20. The maximum Gasteiger partial charge on any atom is 0.446 e. The van der Waals surface area contributed by atoms with Crippen LogP contribution in [0.2, 0.25) is 0 Å². The zero-order chi connectivity index (χ0) is 15.9. The Morgan fingerprint density at radius 1 is 1.19 bits per heavy atom. The average Bonchev–Trinajstić information content (AvgIpc) is 2.44. The number of rotatable bonds is 7. The van der Waals surface area contributed by atoms with Gasteiger partial charge in [-0.15, -0.1) is 4.33 Å². The van der Waals surface area contributed by atoms with Gasteiger partial charge in [0.05, 0.1) is 18.6 Å². The number of alkyl halides is 4. The monoisotopic (exact) mass is 330 g/mol. The fraction of sp³-hybridized carbons (Fsp3) is 0.364. The third kappa shape index (κ3) is 4.84. The van der Waals surface area contributed by atoms with Gasteiger partial charge < -0.3 is 4.74 Å². The van der Waals surface area contributed by atoms with Crippen LogP contribution < -0.4 is 0 Å². The van der Waals surface area contributed by atoms with E-state index in [1.807, 2.05) is 0 Å². The van der Waals surface area contributed by atoms with Gasteiger partial charge >= 0.3 is 17.1 Å². The van der Waals surface area contributed by atoms with Crippen molar-refractivity contribution in [3.63, 3.8) is 0 Å². The quantitative estimate of drug-likeness (QED) is 0.272. The Hall–Kier alpha value is -1.36. The Balaban J connectivity index is 2.61. The molecule has 0 aromatic heterocycles. The van der Waals surface area contributed by atoms with E-state index in [9.17, 15) is 22.4 Å². The zero-order valence-corrected chi connectivity index (χ0v) is 11.1. The van der Waals surface area contributed by atoms with E-state index in [0.717, 1.165) is 0 Å². The second kappa shape index (κ2) is 7.59. The Morgan fingerprint density at radius 2 is 1.81 bits per heavy atom. The normalized spacial score (nSPS) is 14.5. The van der Waals surface area contributed by atoms with Crippen molar-refractivity contribution >= 4 is 18.0 Å². The van der Waals surface area contributed by atoms with E-state index in [1.165, 1.54) is 0 Å². The van der Waals surface area contributed by atoms with Crippen molar-refractivity contribution in [2.45, 2.75) is 17.6 Å². The molecule has 0 aliphatic carbocycles. The first kappa shape index (κ1) is 17.7. The standard InChI is InChI=1S/C11H10F4O5S/c12-10(11(13,14)15,21-20-19-17)9(16)18-7-6-8-4-2-1-3-5-8/h1-5,17H,6-7H2. The number of ether oxygens (including phenoxy) is 1. The molecule has 1 aromatic carbocycles. The van der Waals surface area contributed by atoms with Crippen LogP contribution in [0.25, 0.3) is 0 Å². The predicted octanol–water partition coefficient (Wildman–Crippen LogP) is 3.07. The molecule has 1 aromatic rings. The van der Waals surface area contributed by atoms with Crippen LogP contribution in [0.3, 0.4) is 0 Å². The Morgan fingerprint density at radius 3 is 2.33 bits per heavy atom. The minimum atomic E-state index is -5.61. The first-order valence-electron chi connectivity index (χ1n) is 5.44. The van der Waals surface area contributed by atoms with Crippen molar-refractivity contribution in [1.29, 1.82) is 0 Å². The summed E-state index contributed by atoms with van der Waals surface area (Å²) in [4.78, 5) is 11.3. The molecule has 0 saturated carbocycles. The molecule has 1 unspecified atom stereocenters. The van der Waals surface area contributed by atoms with Crippen LogP contribution in [0.1, 0.15) is 5.56 Å². The van der Waals surface area contributed by atoms with E-state index >= 15 is 0 Å². The van der Waals surface area contributed by atoms with Crippen LogP contribution in [0.4, 0.5) is 17.6 Å². The van der Waals surface area contributed by atoms with Gasteiger partial charge in [-0.3, -0.25) is 0 Å². The lowest BCUT2D eigenvalue weighted by molar-refractivity contribution is -0.433. The highest BCUT2D eigenvalue weighted by Gasteiger charge is 2.66. The molecule has 0 aliphatic heterocycles. The zero-order valence-electron chi connectivity index (χ0n) is 10.3. The van der Waals surface area contributed by atoms with Gasteiger partial charge in [0.15, 0.2) is 0 Å². The molecular weight excluding hydrogens is 320 g/mol. The second-order valence-electron chi connectivity index (χ2n) is 3.69. The fourth-order valence-corrected chi connectivity index (χ4v) is 1.60. The summed E-state index contributed by atoms with van der Waals surface area (Å²) < 4.78 is 58.8. The maximum absolute atomic E-state index is 13.7. The molecule has 1 N–H and O–H groups in total. The summed E-state index contributed by atoms with van der Waals surface area (Å²) in [6.07, 6.45) is -5.50. The lowest BCUT2D eigenvalue weighted by Crippen LogP contribution is -2.46. The second-order valence-corrected chi connectivity index (χ2v) is 4.56. The highest BCUT2D eigenvalue weighted by atomic mass is 32.2. The molecule has 1 rings (SSSR count). The molecule has 118 valence electrons. The molecule has 5 nitrogen and oxygen atoms in total. The van der Waals surface area contributed by atoms with Crippen molar-refractivity contribution in [3.05, 3.63) is 35.9 Å². The van der Waals surface area contributed by atoms with Crippen molar-refractivity contribution in [1.82, 2.24) is 0 Å². The lowest BCUT2D eigenvalue weighted by atomic mass is 10.2. The Bertz CT molecular complexity index is 456. The molecule has 0 bridgehead atoms. The molecule has 0 amide bonds. The van der Waals surface area contributed by atoms with E-state index < -0.39 is 35.8 Å². The summed E-state index contributed by atoms with van der Waals surface area (Å²) in [7, 11) is 0. The van der Waals surface area contributed by atoms with Gasteiger partial charge in [0.1, 0.15) is 0 Å². The predicted molar refractivity (Wildman–Crippen MR) is 63.4 cm³/mol. The van der Waals surface area contributed by atoms with Crippen molar-refractivity contribution in [2.24, 2.45) is 0 Å². The molecule has 0 spiro atoms. The number of carbonyl (C=O) groups excluding carboxylic acids is 1. The Labute approximate surface area is 120 Å². The van der Waals surface area contributed by atoms with Gasteiger partial charge in [-0.25, -0.2) is 14.4 Å². The molecule has 0 heterocycles. The summed E-state index contributed by atoms with van der Waals surface area (Å²) in [6, 6.07) is 8.44. The van der Waals surface area contributed by atoms with Gasteiger partial charge in [0, 0.05) is 6.42 Å². The van der Waals surface area contributed by atoms with Gasteiger partial charge in [-0.2, -0.15) is 13.2 Å². The molecule has 1 atom stereocenters. The SMILES string of the molecule is O=C(OCCc1ccccc1)C(F)(SOOO)C(F)(F)F. The third-order valence-electron chi connectivity index (χ3n) is 2.27. The molecule has 0 fully saturated rings. The molecule has 0 saturated heterocycles.